The molecule has 0 aliphatic rings. The molecule has 0 bridgehead atoms. The fourth-order valence-electron chi connectivity index (χ4n) is 2.45. The predicted molar refractivity (Wildman–Crippen MR) is 103 cm³/mol. The van der Waals surface area contributed by atoms with Gasteiger partial charge < -0.3 is 10.1 Å². The van der Waals surface area contributed by atoms with Gasteiger partial charge in [-0.1, -0.05) is 47.4 Å². The van der Waals surface area contributed by atoms with E-state index in [1.807, 2.05) is 24.3 Å². The monoisotopic (exact) mass is 409 g/mol. The largest absolute Gasteiger partial charge is 0.481 e. The summed E-state index contributed by atoms with van der Waals surface area (Å²) in [5.74, 6) is 0.894. The van der Waals surface area contributed by atoms with E-state index in [9.17, 15) is 4.79 Å². The maximum absolute atomic E-state index is 12.3. The second-order valence-electron chi connectivity index (χ2n) is 6.05. The zero-order chi connectivity index (χ0) is 17.9. The Bertz CT molecular complexity index is 746. The molecule has 24 heavy (non-hydrogen) atoms. The van der Waals surface area contributed by atoms with Crippen molar-refractivity contribution in [1.29, 1.82) is 0 Å². The standard InChI is InChI=1S/C19H21BrClNO2/c1-11(2)16-7-6-15(9-12(16)3)24-13(4)19(23)22-18-8-5-14(20)10-17(18)21/h5-11,13H,1-4H3,(H,22,23). The molecule has 128 valence electrons. The average Bonchev–Trinajstić information content (AvgIpc) is 2.49. The van der Waals surface area contributed by atoms with Crippen molar-refractivity contribution in [2.24, 2.45) is 0 Å². The van der Waals surface area contributed by atoms with Crippen molar-refractivity contribution >= 4 is 39.1 Å². The van der Waals surface area contributed by atoms with Gasteiger partial charge in [-0.15, -0.1) is 0 Å². The number of carbonyl (C=O) groups is 1. The van der Waals surface area contributed by atoms with Crippen molar-refractivity contribution in [2.45, 2.75) is 39.7 Å². The molecule has 0 aliphatic carbocycles. The Hall–Kier alpha value is -1.52. The molecule has 1 N–H and O–H groups in total. The number of rotatable bonds is 5. The molecule has 0 aliphatic heterocycles. The summed E-state index contributed by atoms with van der Waals surface area (Å²) in [5.41, 5.74) is 3.00. The maximum atomic E-state index is 12.3. The van der Waals surface area contributed by atoms with Gasteiger partial charge in [0.05, 0.1) is 10.7 Å². The molecule has 0 radical (unpaired) electrons. The van der Waals surface area contributed by atoms with Gasteiger partial charge in [-0.3, -0.25) is 4.79 Å². The summed E-state index contributed by atoms with van der Waals surface area (Å²) < 4.78 is 6.62. The maximum Gasteiger partial charge on any atom is 0.265 e. The Morgan fingerprint density at radius 1 is 1.17 bits per heavy atom. The smallest absolute Gasteiger partial charge is 0.265 e. The number of hydrogen-bond donors (Lipinski definition) is 1. The quantitative estimate of drug-likeness (QED) is 0.662. The number of ether oxygens (including phenoxy) is 1. The molecule has 0 heterocycles. The molecule has 2 aromatic carbocycles. The van der Waals surface area contributed by atoms with E-state index in [4.69, 9.17) is 16.3 Å². The van der Waals surface area contributed by atoms with Gasteiger partial charge in [-0.25, -0.2) is 0 Å². The van der Waals surface area contributed by atoms with Gasteiger partial charge in [-0.05, 0) is 61.2 Å². The molecule has 1 atom stereocenters. The molecular weight excluding hydrogens is 390 g/mol. The normalized spacial score (nSPS) is 12.1. The number of hydrogen-bond acceptors (Lipinski definition) is 2. The van der Waals surface area contributed by atoms with Crippen molar-refractivity contribution in [2.75, 3.05) is 5.32 Å². The summed E-state index contributed by atoms with van der Waals surface area (Å²) in [6.07, 6.45) is -0.631. The Balaban J connectivity index is 2.05. The summed E-state index contributed by atoms with van der Waals surface area (Å²) >= 11 is 9.46. The highest BCUT2D eigenvalue weighted by Gasteiger charge is 2.17. The van der Waals surface area contributed by atoms with Crippen LogP contribution in [0.4, 0.5) is 5.69 Å². The minimum Gasteiger partial charge on any atom is -0.481 e. The van der Waals surface area contributed by atoms with E-state index in [0.29, 0.717) is 22.4 Å². The van der Waals surface area contributed by atoms with Crippen molar-refractivity contribution < 1.29 is 9.53 Å². The lowest BCUT2D eigenvalue weighted by Gasteiger charge is -2.17. The van der Waals surface area contributed by atoms with Crippen LogP contribution in [0.15, 0.2) is 40.9 Å². The van der Waals surface area contributed by atoms with Gasteiger partial charge >= 0.3 is 0 Å². The van der Waals surface area contributed by atoms with E-state index in [1.54, 1.807) is 19.1 Å². The summed E-state index contributed by atoms with van der Waals surface area (Å²) in [4.78, 5) is 12.3. The van der Waals surface area contributed by atoms with Gasteiger partial charge in [0.2, 0.25) is 0 Å². The third-order valence-electron chi connectivity index (χ3n) is 3.73. The van der Waals surface area contributed by atoms with Gasteiger partial charge in [0, 0.05) is 4.47 Å². The second-order valence-corrected chi connectivity index (χ2v) is 7.37. The summed E-state index contributed by atoms with van der Waals surface area (Å²) in [5, 5.41) is 3.26. The van der Waals surface area contributed by atoms with Crippen molar-refractivity contribution in [3.63, 3.8) is 0 Å². The third-order valence-corrected chi connectivity index (χ3v) is 4.54. The molecule has 0 aromatic heterocycles. The number of amides is 1. The zero-order valence-corrected chi connectivity index (χ0v) is 16.5. The molecule has 0 saturated heterocycles. The predicted octanol–water partition coefficient (Wildman–Crippen LogP) is 5.94. The van der Waals surface area contributed by atoms with E-state index in [-0.39, 0.29) is 5.91 Å². The van der Waals surface area contributed by atoms with Crippen LogP contribution in [-0.4, -0.2) is 12.0 Å². The highest BCUT2D eigenvalue weighted by molar-refractivity contribution is 9.10. The van der Waals surface area contributed by atoms with Crippen LogP contribution in [0.25, 0.3) is 0 Å². The van der Waals surface area contributed by atoms with E-state index in [1.165, 1.54) is 5.56 Å². The van der Waals surface area contributed by atoms with Crippen LogP contribution in [-0.2, 0) is 4.79 Å². The first-order chi connectivity index (χ1) is 11.3. The number of benzene rings is 2. The highest BCUT2D eigenvalue weighted by atomic mass is 79.9. The Morgan fingerprint density at radius 3 is 2.46 bits per heavy atom. The van der Waals surface area contributed by atoms with Crippen LogP contribution in [0, 0.1) is 6.92 Å². The Morgan fingerprint density at radius 2 is 1.88 bits per heavy atom. The number of aryl methyl sites for hydroxylation is 1. The fraction of sp³-hybridized carbons (Fsp3) is 0.316. The Kier molecular flexibility index (Phi) is 6.30. The molecular formula is C19H21BrClNO2. The molecule has 3 nitrogen and oxygen atoms in total. The van der Waals surface area contributed by atoms with Crippen molar-refractivity contribution in [3.8, 4) is 5.75 Å². The van der Waals surface area contributed by atoms with Gasteiger partial charge in [0.25, 0.3) is 5.91 Å². The SMILES string of the molecule is Cc1cc(OC(C)C(=O)Nc2ccc(Br)cc2Cl)ccc1C(C)C. The molecule has 1 unspecified atom stereocenters. The lowest BCUT2D eigenvalue weighted by molar-refractivity contribution is -0.122. The molecule has 0 fully saturated rings. The number of anilines is 1. The van der Waals surface area contributed by atoms with Gasteiger partial charge in [0.1, 0.15) is 5.75 Å². The van der Waals surface area contributed by atoms with E-state index in [2.05, 4.69) is 42.0 Å². The molecule has 2 aromatic rings. The first kappa shape index (κ1) is 18.8. The van der Waals surface area contributed by atoms with E-state index >= 15 is 0 Å². The fourth-order valence-corrected chi connectivity index (χ4v) is 3.17. The van der Waals surface area contributed by atoms with Crippen molar-refractivity contribution in [3.05, 3.63) is 57.0 Å². The van der Waals surface area contributed by atoms with Crippen LogP contribution in [0.5, 0.6) is 5.75 Å². The number of nitrogens with one attached hydrogen (secondary N) is 1. The van der Waals surface area contributed by atoms with E-state index < -0.39 is 6.10 Å². The van der Waals surface area contributed by atoms with Gasteiger partial charge in [-0.2, -0.15) is 0 Å². The molecule has 1 amide bonds. The number of carbonyl (C=O) groups excluding carboxylic acids is 1. The van der Waals surface area contributed by atoms with Crippen LogP contribution in [0.2, 0.25) is 5.02 Å². The first-order valence-corrected chi connectivity index (χ1v) is 8.98. The third kappa shape index (κ3) is 4.74. The first-order valence-electron chi connectivity index (χ1n) is 7.81. The minimum atomic E-state index is -0.631. The van der Waals surface area contributed by atoms with Crippen molar-refractivity contribution in [1.82, 2.24) is 0 Å². The van der Waals surface area contributed by atoms with Crippen LogP contribution < -0.4 is 10.1 Å². The molecule has 2 rings (SSSR count). The average molecular weight is 411 g/mol. The summed E-state index contributed by atoms with van der Waals surface area (Å²) in [6, 6.07) is 11.2. The van der Waals surface area contributed by atoms with Gasteiger partial charge in [0.15, 0.2) is 6.10 Å². The number of halogens is 2. The molecule has 0 spiro atoms. The molecule has 5 heteroatoms. The minimum absolute atomic E-state index is 0.246. The lowest BCUT2D eigenvalue weighted by atomic mass is 9.98. The van der Waals surface area contributed by atoms with Crippen LogP contribution in [0.1, 0.15) is 37.8 Å². The second kappa shape index (κ2) is 8.04. The Labute approximate surface area is 156 Å². The topological polar surface area (TPSA) is 38.3 Å². The zero-order valence-electron chi connectivity index (χ0n) is 14.2. The van der Waals surface area contributed by atoms with Crippen LogP contribution in [0.3, 0.4) is 0 Å². The highest BCUT2D eigenvalue weighted by Crippen LogP contribution is 2.27. The molecule has 0 saturated carbocycles. The summed E-state index contributed by atoms with van der Waals surface area (Å²) in [7, 11) is 0. The van der Waals surface area contributed by atoms with E-state index in [0.717, 1.165) is 10.0 Å². The van der Waals surface area contributed by atoms with Crippen LogP contribution >= 0.6 is 27.5 Å². The lowest BCUT2D eigenvalue weighted by Crippen LogP contribution is -2.30. The summed E-state index contributed by atoms with van der Waals surface area (Å²) in [6.45, 7) is 8.07.